The van der Waals surface area contributed by atoms with Gasteiger partial charge in [0.15, 0.2) is 5.90 Å². The molecule has 0 saturated heterocycles. The van der Waals surface area contributed by atoms with Crippen molar-refractivity contribution >= 4 is 43.6 Å². The minimum atomic E-state index is -0.468. The van der Waals surface area contributed by atoms with E-state index in [0.29, 0.717) is 12.3 Å². The van der Waals surface area contributed by atoms with Crippen LogP contribution in [-0.4, -0.2) is 66.0 Å². The Morgan fingerprint density at radius 2 is 2.25 bits per heavy atom. The summed E-state index contributed by atoms with van der Waals surface area (Å²) in [6.45, 7) is 4.10. The van der Waals surface area contributed by atoms with Crippen molar-refractivity contribution in [2.24, 2.45) is 10.9 Å². The molecule has 0 aromatic carbocycles. The van der Waals surface area contributed by atoms with E-state index in [2.05, 4.69) is 11.9 Å². The van der Waals surface area contributed by atoms with E-state index >= 15 is 0 Å². The SMILES string of the molecule is CCC(C)C1N=C(O)CC1O.[CaH2]. The molecule has 0 amide bonds. The van der Waals surface area contributed by atoms with E-state index in [-0.39, 0.29) is 49.7 Å². The Bertz CT molecular complexity index is 172. The maximum absolute atomic E-state index is 9.39. The van der Waals surface area contributed by atoms with E-state index in [0.717, 1.165) is 6.42 Å². The molecule has 0 aromatic rings. The fourth-order valence-electron chi connectivity index (χ4n) is 1.37. The summed E-state index contributed by atoms with van der Waals surface area (Å²) in [6, 6.07) is -0.0833. The molecular weight excluding hydrogens is 182 g/mol. The van der Waals surface area contributed by atoms with Gasteiger partial charge in [-0.2, -0.15) is 0 Å². The number of hydrogen-bond donors (Lipinski definition) is 2. The zero-order valence-electron chi connectivity index (χ0n) is 6.99. The van der Waals surface area contributed by atoms with Crippen molar-refractivity contribution < 1.29 is 10.2 Å². The molecule has 0 radical (unpaired) electrons. The Balaban J connectivity index is 0.00000121. The second-order valence-electron chi connectivity index (χ2n) is 3.19. The molecule has 0 bridgehead atoms. The van der Waals surface area contributed by atoms with Crippen LogP contribution in [-0.2, 0) is 0 Å². The molecule has 1 aliphatic heterocycles. The topological polar surface area (TPSA) is 52.8 Å². The first-order chi connectivity index (χ1) is 5.15. The number of rotatable bonds is 2. The summed E-state index contributed by atoms with van der Waals surface area (Å²) >= 11 is 0. The van der Waals surface area contributed by atoms with Gasteiger partial charge in [0.1, 0.15) is 0 Å². The van der Waals surface area contributed by atoms with Gasteiger partial charge >= 0.3 is 37.7 Å². The zero-order valence-corrected chi connectivity index (χ0v) is 6.99. The molecule has 0 aromatic heterocycles. The van der Waals surface area contributed by atoms with Crippen LogP contribution in [0.2, 0.25) is 0 Å². The molecule has 1 rings (SSSR count). The number of aliphatic hydroxyl groups is 2. The first-order valence-electron chi connectivity index (χ1n) is 4.08. The third-order valence-corrected chi connectivity index (χ3v) is 2.31. The number of hydrogen-bond acceptors (Lipinski definition) is 2. The van der Waals surface area contributed by atoms with Gasteiger partial charge in [0.05, 0.1) is 18.6 Å². The molecule has 0 fully saturated rings. The molecule has 3 unspecified atom stereocenters. The van der Waals surface area contributed by atoms with Crippen molar-refractivity contribution in [1.29, 1.82) is 0 Å². The van der Waals surface area contributed by atoms with Crippen LogP contribution >= 0.6 is 0 Å². The Labute approximate surface area is 103 Å². The molecule has 2 N–H and O–H groups in total. The summed E-state index contributed by atoms with van der Waals surface area (Å²) in [4.78, 5) is 3.96. The quantitative estimate of drug-likeness (QED) is 0.624. The molecule has 12 heavy (non-hydrogen) atoms. The molecule has 0 aliphatic carbocycles. The van der Waals surface area contributed by atoms with Crippen molar-refractivity contribution in [3.05, 3.63) is 0 Å². The first-order valence-corrected chi connectivity index (χ1v) is 4.08. The van der Waals surface area contributed by atoms with Crippen LogP contribution in [0.15, 0.2) is 4.99 Å². The number of nitrogens with zero attached hydrogens (tertiary/aromatic N) is 1. The van der Waals surface area contributed by atoms with Crippen molar-refractivity contribution in [1.82, 2.24) is 0 Å². The van der Waals surface area contributed by atoms with E-state index in [1.807, 2.05) is 6.92 Å². The predicted molar refractivity (Wildman–Crippen MR) is 52.5 cm³/mol. The molecule has 68 valence electrons. The third kappa shape index (κ3) is 2.87. The van der Waals surface area contributed by atoms with Crippen molar-refractivity contribution in [2.45, 2.75) is 38.8 Å². The summed E-state index contributed by atoms with van der Waals surface area (Å²) in [6.07, 6.45) is 0.845. The average Bonchev–Trinajstić information content (AvgIpc) is 2.28. The average molecular weight is 199 g/mol. The fraction of sp³-hybridized carbons (Fsp3) is 0.875. The second kappa shape index (κ2) is 5.43. The van der Waals surface area contributed by atoms with Crippen LogP contribution in [0, 0.1) is 5.92 Å². The van der Waals surface area contributed by atoms with Gasteiger partial charge in [0.25, 0.3) is 0 Å². The number of aliphatic imine (C=N–C) groups is 1. The molecule has 0 saturated carbocycles. The molecule has 1 heterocycles. The zero-order chi connectivity index (χ0) is 8.43. The normalized spacial score (nSPS) is 30.8. The van der Waals surface area contributed by atoms with Crippen molar-refractivity contribution in [3.63, 3.8) is 0 Å². The molecule has 3 atom stereocenters. The van der Waals surface area contributed by atoms with Crippen LogP contribution < -0.4 is 0 Å². The standard InChI is InChI=1S/C8H15NO2.Ca.2H/c1-3-5(2)8-6(10)4-7(11)9-8;;;/h5-6,8,10H,3-4H2,1-2H3,(H,9,11);;;. The van der Waals surface area contributed by atoms with Gasteiger partial charge in [-0.3, -0.25) is 0 Å². The van der Waals surface area contributed by atoms with E-state index in [9.17, 15) is 5.11 Å². The van der Waals surface area contributed by atoms with Crippen LogP contribution in [0.1, 0.15) is 26.7 Å². The minimum absolute atomic E-state index is 0. The van der Waals surface area contributed by atoms with E-state index in [1.165, 1.54) is 0 Å². The van der Waals surface area contributed by atoms with E-state index < -0.39 is 6.10 Å². The van der Waals surface area contributed by atoms with E-state index in [1.54, 1.807) is 0 Å². The maximum atomic E-state index is 9.39. The Hall–Kier alpha value is 0.690. The van der Waals surface area contributed by atoms with Gasteiger partial charge in [-0.1, -0.05) is 20.3 Å². The van der Waals surface area contributed by atoms with Crippen LogP contribution in [0.3, 0.4) is 0 Å². The van der Waals surface area contributed by atoms with Gasteiger partial charge in [0, 0.05) is 0 Å². The monoisotopic (exact) mass is 199 g/mol. The molecular formula is C8H17CaNO2. The van der Waals surface area contributed by atoms with E-state index in [4.69, 9.17) is 5.11 Å². The fourth-order valence-corrected chi connectivity index (χ4v) is 1.37. The van der Waals surface area contributed by atoms with Crippen LogP contribution in [0.25, 0.3) is 0 Å². The van der Waals surface area contributed by atoms with Gasteiger partial charge in [-0.25, -0.2) is 4.99 Å². The Morgan fingerprint density at radius 1 is 1.67 bits per heavy atom. The summed E-state index contributed by atoms with van der Waals surface area (Å²) in [5, 5.41) is 18.4. The second-order valence-corrected chi connectivity index (χ2v) is 3.19. The molecule has 0 spiro atoms. The van der Waals surface area contributed by atoms with Crippen LogP contribution in [0.5, 0.6) is 0 Å². The molecule has 3 nitrogen and oxygen atoms in total. The summed E-state index contributed by atoms with van der Waals surface area (Å²) in [5.74, 6) is 0.456. The summed E-state index contributed by atoms with van der Waals surface area (Å²) in [5.41, 5.74) is 0. The van der Waals surface area contributed by atoms with Gasteiger partial charge in [0.2, 0.25) is 0 Å². The Morgan fingerprint density at radius 3 is 2.58 bits per heavy atom. The van der Waals surface area contributed by atoms with Gasteiger partial charge in [-0.05, 0) is 5.92 Å². The number of aliphatic hydroxyl groups excluding tert-OH is 2. The predicted octanol–water partition coefficient (Wildman–Crippen LogP) is 0.206. The van der Waals surface area contributed by atoms with Crippen molar-refractivity contribution in [3.8, 4) is 0 Å². The Kier molecular flexibility index (Phi) is 5.74. The van der Waals surface area contributed by atoms with Gasteiger partial charge in [-0.15, -0.1) is 0 Å². The summed E-state index contributed by atoms with van der Waals surface area (Å²) in [7, 11) is 0. The van der Waals surface area contributed by atoms with Gasteiger partial charge < -0.3 is 10.2 Å². The first kappa shape index (κ1) is 12.7. The molecule has 4 heteroatoms. The van der Waals surface area contributed by atoms with Crippen LogP contribution in [0.4, 0.5) is 0 Å². The third-order valence-electron chi connectivity index (χ3n) is 2.31. The van der Waals surface area contributed by atoms with Crippen molar-refractivity contribution in [2.75, 3.05) is 0 Å². The summed E-state index contributed by atoms with van der Waals surface area (Å²) < 4.78 is 0. The molecule has 1 aliphatic rings.